The molecule has 0 saturated carbocycles. The fraction of sp³-hybridized carbons (Fsp3) is 0.471. The second kappa shape index (κ2) is 7.96. The maximum Gasteiger partial charge on any atom is 0.130 e. The standard InChI is InChI=1S/C17H25N3O2/c1-13(9-12-21-3)19-16(17-18-10-11-20(17)2)14-5-7-15(22-4)8-6-14/h5-8,10-11,13,16,19H,9,12H2,1-4H3/t13-,16+/m0/s1. The average Bonchev–Trinajstić information content (AvgIpc) is 2.96. The highest BCUT2D eigenvalue weighted by Gasteiger charge is 2.20. The molecule has 0 saturated heterocycles. The third-order valence-corrected chi connectivity index (χ3v) is 3.77. The number of ether oxygens (including phenoxy) is 2. The molecule has 5 heteroatoms. The number of nitrogens with one attached hydrogen (secondary N) is 1. The molecule has 2 aromatic rings. The molecular weight excluding hydrogens is 278 g/mol. The number of methoxy groups -OCH3 is 2. The van der Waals surface area contributed by atoms with E-state index in [1.165, 1.54) is 5.56 Å². The highest BCUT2D eigenvalue weighted by Crippen LogP contribution is 2.23. The van der Waals surface area contributed by atoms with E-state index < -0.39 is 0 Å². The van der Waals surface area contributed by atoms with Crippen LogP contribution in [-0.2, 0) is 11.8 Å². The largest absolute Gasteiger partial charge is 0.497 e. The Morgan fingerprint density at radius 3 is 2.50 bits per heavy atom. The van der Waals surface area contributed by atoms with Gasteiger partial charge in [0.05, 0.1) is 13.2 Å². The van der Waals surface area contributed by atoms with Crippen molar-refractivity contribution in [1.82, 2.24) is 14.9 Å². The van der Waals surface area contributed by atoms with Gasteiger partial charge in [0.2, 0.25) is 0 Å². The van der Waals surface area contributed by atoms with Gasteiger partial charge in [0, 0.05) is 39.2 Å². The van der Waals surface area contributed by atoms with Crippen LogP contribution in [-0.4, -0.2) is 36.4 Å². The van der Waals surface area contributed by atoms with Gasteiger partial charge >= 0.3 is 0 Å². The minimum atomic E-state index is 0.0396. The van der Waals surface area contributed by atoms with Crippen molar-refractivity contribution in [2.75, 3.05) is 20.8 Å². The summed E-state index contributed by atoms with van der Waals surface area (Å²) in [6.45, 7) is 2.91. The van der Waals surface area contributed by atoms with Gasteiger partial charge in [-0.15, -0.1) is 0 Å². The first-order valence-corrected chi connectivity index (χ1v) is 7.52. The van der Waals surface area contributed by atoms with Crippen molar-refractivity contribution in [2.45, 2.75) is 25.4 Å². The molecule has 0 spiro atoms. The molecule has 0 aliphatic heterocycles. The van der Waals surface area contributed by atoms with Crippen LogP contribution < -0.4 is 10.1 Å². The molecule has 0 bridgehead atoms. The molecule has 0 amide bonds. The lowest BCUT2D eigenvalue weighted by Crippen LogP contribution is -2.33. The van der Waals surface area contributed by atoms with Crippen molar-refractivity contribution in [3.8, 4) is 5.75 Å². The minimum Gasteiger partial charge on any atom is -0.497 e. The lowest BCUT2D eigenvalue weighted by molar-refractivity contribution is 0.183. The smallest absolute Gasteiger partial charge is 0.130 e. The second-order valence-corrected chi connectivity index (χ2v) is 5.45. The van der Waals surface area contributed by atoms with E-state index in [2.05, 4.69) is 29.4 Å². The Kier molecular flexibility index (Phi) is 5.98. The predicted octanol–water partition coefficient (Wildman–Crippen LogP) is 2.53. The number of hydrogen-bond acceptors (Lipinski definition) is 4. The molecule has 1 aromatic heterocycles. The summed E-state index contributed by atoms with van der Waals surface area (Å²) in [6.07, 6.45) is 4.74. The zero-order chi connectivity index (χ0) is 15.9. The van der Waals surface area contributed by atoms with E-state index in [9.17, 15) is 0 Å². The van der Waals surface area contributed by atoms with Crippen molar-refractivity contribution in [1.29, 1.82) is 0 Å². The van der Waals surface area contributed by atoms with Crippen LogP contribution in [0.1, 0.15) is 30.8 Å². The molecule has 5 nitrogen and oxygen atoms in total. The zero-order valence-corrected chi connectivity index (χ0v) is 13.7. The predicted molar refractivity (Wildman–Crippen MR) is 87.1 cm³/mol. The Morgan fingerprint density at radius 2 is 1.95 bits per heavy atom. The normalized spacial score (nSPS) is 13.8. The molecule has 120 valence electrons. The van der Waals surface area contributed by atoms with Crippen LogP contribution in [0.4, 0.5) is 0 Å². The number of nitrogens with zero attached hydrogens (tertiary/aromatic N) is 2. The number of hydrogen-bond donors (Lipinski definition) is 1. The molecule has 2 atom stereocenters. The highest BCUT2D eigenvalue weighted by atomic mass is 16.5. The molecular formula is C17H25N3O2. The Labute approximate surface area is 132 Å². The maximum atomic E-state index is 5.24. The maximum absolute atomic E-state index is 5.24. The summed E-state index contributed by atoms with van der Waals surface area (Å²) in [5.41, 5.74) is 1.17. The summed E-state index contributed by atoms with van der Waals surface area (Å²) in [5, 5.41) is 3.64. The summed E-state index contributed by atoms with van der Waals surface area (Å²) >= 11 is 0. The molecule has 0 unspecified atom stereocenters. The van der Waals surface area contributed by atoms with Crippen LogP contribution in [0.2, 0.25) is 0 Å². The zero-order valence-electron chi connectivity index (χ0n) is 13.7. The summed E-state index contributed by atoms with van der Waals surface area (Å²) < 4.78 is 12.5. The van der Waals surface area contributed by atoms with Gasteiger partial charge in [-0.05, 0) is 31.0 Å². The molecule has 0 fully saturated rings. The topological polar surface area (TPSA) is 48.3 Å². The Morgan fingerprint density at radius 1 is 1.23 bits per heavy atom. The lowest BCUT2D eigenvalue weighted by Gasteiger charge is -2.23. The quantitative estimate of drug-likeness (QED) is 0.814. The second-order valence-electron chi connectivity index (χ2n) is 5.45. The number of aromatic nitrogens is 2. The van der Waals surface area contributed by atoms with Gasteiger partial charge in [-0.1, -0.05) is 12.1 Å². The SMILES string of the molecule is COCC[C@H](C)N[C@H](c1ccc(OC)cc1)c1nccn1C. The van der Waals surface area contributed by atoms with Crippen LogP contribution in [0.15, 0.2) is 36.7 Å². The summed E-state index contributed by atoms with van der Waals surface area (Å²) in [5.74, 6) is 1.85. The van der Waals surface area contributed by atoms with Crippen molar-refractivity contribution in [3.05, 3.63) is 48.0 Å². The Hall–Kier alpha value is -1.85. The molecule has 1 N–H and O–H groups in total. The first kappa shape index (κ1) is 16.5. The van der Waals surface area contributed by atoms with Crippen molar-refractivity contribution >= 4 is 0 Å². The van der Waals surface area contributed by atoms with Gasteiger partial charge in [0.1, 0.15) is 11.6 Å². The number of rotatable bonds is 8. The summed E-state index contributed by atoms with van der Waals surface area (Å²) in [7, 11) is 5.42. The van der Waals surface area contributed by atoms with Gasteiger partial charge in [-0.3, -0.25) is 0 Å². The fourth-order valence-electron chi connectivity index (χ4n) is 2.43. The molecule has 0 aliphatic carbocycles. The molecule has 2 rings (SSSR count). The molecule has 0 radical (unpaired) electrons. The average molecular weight is 303 g/mol. The lowest BCUT2D eigenvalue weighted by atomic mass is 10.0. The molecule has 1 aromatic carbocycles. The molecule has 1 heterocycles. The summed E-state index contributed by atoms with van der Waals surface area (Å²) in [4.78, 5) is 4.51. The molecule has 22 heavy (non-hydrogen) atoms. The van der Waals surface area contributed by atoms with Gasteiger partial charge in [-0.2, -0.15) is 0 Å². The van der Waals surface area contributed by atoms with E-state index in [0.717, 1.165) is 24.6 Å². The van der Waals surface area contributed by atoms with Gasteiger partial charge < -0.3 is 19.4 Å². The van der Waals surface area contributed by atoms with Crippen LogP contribution in [0, 0.1) is 0 Å². The van der Waals surface area contributed by atoms with Gasteiger partial charge in [0.15, 0.2) is 0 Å². The van der Waals surface area contributed by atoms with Gasteiger partial charge in [-0.25, -0.2) is 4.98 Å². The monoisotopic (exact) mass is 303 g/mol. The van der Waals surface area contributed by atoms with Crippen molar-refractivity contribution in [3.63, 3.8) is 0 Å². The van der Waals surface area contributed by atoms with E-state index in [4.69, 9.17) is 9.47 Å². The van der Waals surface area contributed by atoms with E-state index in [1.54, 1.807) is 14.2 Å². The summed E-state index contributed by atoms with van der Waals surface area (Å²) in [6, 6.07) is 8.48. The van der Waals surface area contributed by atoms with Gasteiger partial charge in [0.25, 0.3) is 0 Å². The van der Waals surface area contributed by atoms with E-state index >= 15 is 0 Å². The molecule has 0 aliphatic rings. The van der Waals surface area contributed by atoms with E-state index in [-0.39, 0.29) is 6.04 Å². The van der Waals surface area contributed by atoms with E-state index in [1.807, 2.05) is 36.1 Å². The first-order chi connectivity index (χ1) is 10.7. The highest BCUT2D eigenvalue weighted by molar-refractivity contribution is 5.32. The van der Waals surface area contributed by atoms with Crippen LogP contribution in [0.5, 0.6) is 5.75 Å². The van der Waals surface area contributed by atoms with Crippen LogP contribution in [0.25, 0.3) is 0 Å². The van der Waals surface area contributed by atoms with Crippen LogP contribution >= 0.6 is 0 Å². The van der Waals surface area contributed by atoms with E-state index in [0.29, 0.717) is 6.04 Å². The minimum absolute atomic E-state index is 0.0396. The number of imidazole rings is 1. The number of aryl methyl sites for hydroxylation is 1. The fourth-order valence-corrected chi connectivity index (χ4v) is 2.43. The van der Waals surface area contributed by atoms with Crippen molar-refractivity contribution in [2.24, 2.45) is 7.05 Å². The van der Waals surface area contributed by atoms with Crippen molar-refractivity contribution < 1.29 is 9.47 Å². The van der Waals surface area contributed by atoms with Crippen LogP contribution in [0.3, 0.4) is 0 Å². The first-order valence-electron chi connectivity index (χ1n) is 7.52. The third-order valence-electron chi connectivity index (χ3n) is 3.77. The third kappa shape index (κ3) is 4.08. The number of benzene rings is 1. The Bertz CT molecular complexity index is 566. The Balaban J connectivity index is 2.23.